The largest absolute Gasteiger partial charge is 0.481 e. The number of alkyl halides is 6. The van der Waals surface area contributed by atoms with Gasteiger partial charge in [0.15, 0.2) is 0 Å². The molecule has 35 heavy (non-hydrogen) atoms. The SMILES string of the molecule is Fc1ccccc1.O=C(O)C1CCN2CC(OCc3cc(C(F)(F)F)cc(C(F)(F)F)c3)CC2C1. The molecule has 0 aromatic heterocycles. The van der Waals surface area contributed by atoms with Gasteiger partial charge in [-0.25, -0.2) is 4.39 Å². The fourth-order valence-corrected chi connectivity index (χ4v) is 4.30. The van der Waals surface area contributed by atoms with E-state index in [-0.39, 0.29) is 36.2 Å². The van der Waals surface area contributed by atoms with Gasteiger partial charge in [0.2, 0.25) is 0 Å². The van der Waals surface area contributed by atoms with E-state index in [1.807, 2.05) is 0 Å². The van der Waals surface area contributed by atoms with Crippen LogP contribution in [-0.2, 0) is 28.5 Å². The molecule has 2 saturated heterocycles. The van der Waals surface area contributed by atoms with E-state index in [2.05, 4.69) is 4.90 Å². The predicted octanol–water partition coefficient (Wildman–Crippen LogP) is 6.00. The summed E-state index contributed by atoms with van der Waals surface area (Å²) < 4.78 is 95.0. The maximum Gasteiger partial charge on any atom is 0.416 e. The molecule has 3 unspecified atom stereocenters. The highest BCUT2D eigenvalue weighted by atomic mass is 19.4. The second-order valence-electron chi connectivity index (χ2n) is 8.59. The number of hydrogen-bond donors (Lipinski definition) is 1. The number of halogens is 7. The maximum absolute atomic E-state index is 12.9. The van der Waals surface area contributed by atoms with Crippen LogP contribution >= 0.6 is 0 Å². The third-order valence-corrected chi connectivity index (χ3v) is 6.03. The van der Waals surface area contributed by atoms with Gasteiger partial charge in [-0.2, -0.15) is 26.3 Å². The summed E-state index contributed by atoms with van der Waals surface area (Å²) in [4.78, 5) is 13.2. The molecule has 4 rings (SSSR count). The molecular formula is C24H24F7NO3. The van der Waals surface area contributed by atoms with Gasteiger partial charge >= 0.3 is 18.3 Å². The summed E-state index contributed by atoms with van der Waals surface area (Å²) in [6.45, 7) is 0.700. The summed E-state index contributed by atoms with van der Waals surface area (Å²) in [5, 5.41) is 9.13. The Morgan fingerprint density at radius 3 is 2.06 bits per heavy atom. The lowest BCUT2D eigenvalue weighted by atomic mass is 9.91. The Balaban J connectivity index is 0.000000420. The number of rotatable bonds is 4. The Bertz CT molecular complexity index is 963. The lowest BCUT2D eigenvalue weighted by Crippen LogP contribution is -2.40. The number of carbonyl (C=O) groups is 1. The zero-order valence-electron chi connectivity index (χ0n) is 18.5. The fraction of sp³-hybridized carbons (Fsp3) is 0.458. The van der Waals surface area contributed by atoms with Crippen LogP contribution in [0.3, 0.4) is 0 Å². The molecule has 0 saturated carbocycles. The van der Waals surface area contributed by atoms with Crippen LogP contribution in [0, 0.1) is 11.7 Å². The quantitative estimate of drug-likeness (QED) is 0.516. The monoisotopic (exact) mass is 507 g/mol. The molecule has 0 spiro atoms. The minimum atomic E-state index is -4.89. The number of aliphatic carboxylic acids is 1. The molecule has 2 aliphatic rings. The first-order valence-corrected chi connectivity index (χ1v) is 10.9. The number of carboxylic acid groups (broad SMARTS) is 1. The normalized spacial score (nSPS) is 22.8. The van der Waals surface area contributed by atoms with E-state index >= 15 is 0 Å². The van der Waals surface area contributed by atoms with Gasteiger partial charge < -0.3 is 9.84 Å². The lowest BCUT2D eigenvalue weighted by molar-refractivity contribution is -0.144. The van der Waals surface area contributed by atoms with Gasteiger partial charge in [0.1, 0.15) is 5.82 Å². The molecule has 2 aromatic rings. The van der Waals surface area contributed by atoms with Gasteiger partial charge in [-0.1, -0.05) is 18.2 Å². The van der Waals surface area contributed by atoms with Crippen molar-refractivity contribution < 1.29 is 45.4 Å². The van der Waals surface area contributed by atoms with Crippen LogP contribution in [0.5, 0.6) is 0 Å². The summed E-state index contributed by atoms with van der Waals surface area (Å²) in [5.41, 5.74) is -2.93. The molecule has 2 aromatic carbocycles. The van der Waals surface area contributed by atoms with Gasteiger partial charge in [-0.05, 0) is 61.7 Å². The second-order valence-corrected chi connectivity index (χ2v) is 8.59. The molecule has 0 radical (unpaired) electrons. The van der Waals surface area contributed by atoms with E-state index in [9.17, 15) is 35.5 Å². The molecule has 3 atom stereocenters. The van der Waals surface area contributed by atoms with Crippen molar-refractivity contribution in [3.63, 3.8) is 0 Å². The van der Waals surface area contributed by atoms with Crippen molar-refractivity contribution in [1.82, 2.24) is 4.90 Å². The lowest BCUT2D eigenvalue weighted by Gasteiger charge is -2.32. The molecule has 2 fully saturated rings. The van der Waals surface area contributed by atoms with Gasteiger partial charge in [0, 0.05) is 12.6 Å². The molecule has 0 bridgehead atoms. The molecule has 4 nitrogen and oxygen atoms in total. The maximum atomic E-state index is 12.9. The van der Waals surface area contributed by atoms with Gasteiger partial charge in [0.05, 0.1) is 29.8 Å². The molecular weight excluding hydrogens is 483 g/mol. The molecule has 0 aliphatic carbocycles. The number of benzene rings is 2. The van der Waals surface area contributed by atoms with Gasteiger partial charge in [-0.15, -0.1) is 0 Å². The van der Waals surface area contributed by atoms with Crippen molar-refractivity contribution in [2.24, 2.45) is 5.92 Å². The minimum Gasteiger partial charge on any atom is -0.481 e. The number of ether oxygens (including phenoxy) is 1. The van der Waals surface area contributed by atoms with Crippen LogP contribution in [0.1, 0.15) is 36.0 Å². The van der Waals surface area contributed by atoms with Crippen LogP contribution in [0.15, 0.2) is 48.5 Å². The fourth-order valence-electron chi connectivity index (χ4n) is 4.30. The Morgan fingerprint density at radius 2 is 1.57 bits per heavy atom. The predicted molar refractivity (Wildman–Crippen MR) is 112 cm³/mol. The molecule has 192 valence electrons. The van der Waals surface area contributed by atoms with Crippen molar-refractivity contribution in [2.45, 2.75) is 50.4 Å². The van der Waals surface area contributed by atoms with Crippen LogP contribution in [0.2, 0.25) is 0 Å². The standard InChI is InChI=1S/C18H19F6NO3.C6H5F/c19-17(20,21)12-3-10(4-13(6-12)18(22,23)24)9-28-15-7-14-5-11(16(26)27)1-2-25(14)8-15;7-6-4-2-1-3-5-6/h3-4,6,11,14-15H,1-2,5,7-9H2,(H,26,27);1-5H. The highest BCUT2D eigenvalue weighted by molar-refractivity contribution is 5.70. The smallest absolute Gasteiger partial charge is 0.416 e. The molecule has 11 heteroatoms. The summed E-state index contributed by atoms with van der Waals surface area (Å²) in [6.07, 6.45) is -8.65. The van der Waals surface area contributed by atoms with E-state index < -0.39 is 35.4 Å². The highest BCUT2D eigenvalue weighted by Crippen LogP contribution is 2.37. The number of piperidine rings is 1. The summed E-state index contributed by atoms with van der Waals surface area (Å²) >= 11 is 0. The van der Waals surface area contributed by atoms with Gasteiger partial charge in [-0.3, -0.25) is 9.69 Å². The van der Waals surface area contributed by atoms with E-state index in [1.54, 1.807) is 18.2 Å². The molecule has 0 amide bonds. The molecule has 2 heterocycles. The average molecular weight is 507 g/mol. The topological polar surface area (TPSA) is 49.8 Å². The third-order valence-electron chi connectivity index (χ3n) is 6.03. The number of carboxylic acids is 1. The number of fused-ring (bicyclic) bond motifs is 1. The van der Waals surface area contributed by atoms with Crippen molar-refractivity contribution in [3.8, 4) is 0 Å². The van der Waals surface area contributed by atoms with Crippen molar-refractivity contribution >= 4 is 5.97 Å². The van der Waals surface area contributed by atoms with E-state index in [1.165, 1.54) is 12.1 Å². The summed E-state index contributed by atoms with van der Waals surface area (Å²) in [5.74, 6) is -1.46. The number of hydrogen-bond acceptors (Lipinski definition) is 3. The van der Waals surface area contributed by atoms with Gasteiger partial charge in [0.25, 0.3) is 0 Å². The second kappa shape index (κ2) is 10.9. The number of nitrogens with zero attached hydrogens (tertiary/aromatic N) is 1. The van der Waals surface area contributed by atoms with E-state index in [4.69, 9.17) is 9.84 Å². The Labute approximate surface area is 197 Å². The first kappa shape index (κ1) is 26.9. The molecule has 1 N–H and O–H groups in total. The van der Waals surface area contributed by atoms with Crippen LogP contribution in [0.25, 0.3) is 0 Å². The average Bonchev–Trinajstić information content (AvgIpc) is 3.19. The first-order valence-electron chi connectivity index (χ1n) is 10.9. The van der Waals surface area contributed by atoms with Crippen molar-refractivity contribution in [2.75, 3.05) is 13.1 Å². The minimum absolute atomic E-state index is 0.00657. The van der Waals surface area contributed by atoms with Crippen LogP contribution < -0.4 is 0 Å². The van der Waals surface area contributed by atoms with Crippen LogP contribution in [0.4, 0.5) is 30.7 Å². The highest BCUT2D eigenvalue weighted by Gasteiger charge is 2.40. The van der Waals surface area contributed by atoms with E-state index in [0.717, 1.165) is 0 Å². The zero-order chi connectivity index (χ0) is 25.8. The van der Waals surface area contributed by atoms with E-state index in [0.29, 0.717) is 44.5 Å². The Kier molecular flexibility index (Phi) is 8.42. The van der Waals surface area contributed by atoms with Crippen LogP contribution in [-0.4, -0.2) is 41.2 Å². The van der Waals surface area contributed by atoms with Crippen molar-refractivity contribution in [3.05, 3.63) is 71.0 Å². The summed E-state index contributed by atoms with van der Waals surface area (Å²) in [6, 6.07) is 9.36. The van der Waals surface area contributed by atoms with Crippen molar-refractivity contribution in [1.29, 1.82) is 0 Å². The molecule has 2 aliphatic heterocycles. The third kappa shape index (κ3) is 7.66. The Morgan fingerprint density at radius 1 is 0.971 bits per heavy atom. The first-order chi connectivity index (χ1) is 16.3. The Hall–Kier alpha value is -2.66. The zero-order valence-corrected chi connectivity index (χ0v) is 18.5. The summed E-state index contributed by atoms with van der Waals surface area (Å²) in [7, 11) is 0.